The summed E-state index contributed by atoms with van der Waals surface area (Å²) in [5, 5.41) is 20.8. The molecule has 0 radical (unpaired) electrons. The van der Waals surface area contributed by atoms with E-state index < -0.39 is 12.2 Å². The first kappa shape index (κ1) is 30.8. The predicted molar refractivity (Wildman–Crippen MR) is 139 cm³/mol. The number of ketones is 1. The Balaban J connectivity index is 2.17. The fourth-order valence-corrected chi connectivity index (χ4v) is 5.04. The molecule has 0 aliphatic heterocycles. The predicted octanol–water partition coefficient (Wildman–Crippen LogP) is 6.68. The van der Waals surface area contributed by atoms with Gasteiger partial charge < -0.3 is 14.9 Å². The Morgan fingerprint density at radius 2 is 1.44 bits per heavy atom. The van der Waals surface area contributed by atoms with E-state index >= 15 is 0 Å². The van der Waals surface area contributed by atoms with Gasteiger partial charge in [0, 0.05) is 19.3 Å². The van der Waals surface area contributed by atoms with Gasteiger partial charge in [-0.1, -0.05) is 64.0 Å². The van der Waals surface area contributed by atoms with Crippen LogP contribution in [0.2, 0.25) is 0 Å². The maximum atomic E-state index is 12.2. The Labute approximate surface area is 208 Å². The molecule has 0 heterocycles. The molecule has 34 heavy (non-hydrogen) atoms. The third kappa shape index (κ3) is 14.3. The molecule has 198 valence electrons. The first-order chi connectivity index (χ1) is 16.3. The summed E-state index contributed by atoms with van der Waals surface area (Å²) in [7, 11) is 0. The summed E-state index contributed by atoms with van der Waals surface area (Å²) < 4.78 is 5.14. The Bertz CT molecular complexity index is 571. The Morgan fingerprint density at radius 3 is 2.15 bits per heavy atom. The van der Waals surface area contributed by atoms with Gasteiger partial charge in [-0.05, 0) is 70.6 Å². The van der Waals surface area contributed by atoms with Crippen molar-refractivity contribution in [1.29, 1.82) is 0 Å². The number of unbranched alkanes of at least 4 members (excludes halogenated alkanes) is 9. The summed E-state index contributed by atoms with van der Waals surface area (Å²) in [5.41, 5.74) is 0. The summed E-state index contributed by atoms with van der Waals surface area (Å²) in [5.74, 6) is 0.277. The number of esters is 1. The summed E-state index contributed by atoms with van der Waals surface area (Å²) in [6, 6.07) is 0. The molecule has 0 aromatic heterocycles. The normalized spacial score (nSPS) is 22.6. The van der Waals surface area contributed by atoms with E-state index in [1.165, 1.54) is 19.3 Å². The van der Waals surface area contributed by atoms with Crippen LogP contribution in [0.25, 0.3) is 0 Å². The smallest absolute Gasteiger partial charge is 0.306 e. The van der Waals surface area contributed by atoms with Gasteiger partial charge in [0.1, 0.15) is 5.78 Å². The van der Waals surface area contributed by atoms with Gasteiger partial charge in [0.2, 0.25) is 0 Å². The van der Waals surface area contributed by atoms with Crippen molar-refractivity contribution in [3.63, 3.8) is 0 Å². The van der Waals surface area contributed by atoms with Crippen LogP contribution >= 0.6 is 0 Å². The van der Waals surface area contributed by atoms with Gasteiger partial charge in [-0.15, -0.1) is 0 Å². The van der Waals surface area contributed by atoms with Crippen LogP contribution in [0.1, 0.15) is 130 Å². The van der Waals surface area contributed by atoms with E-state index in [1.54, 1.807) is 0 Å². The second-order valence-electron chi connectivity index (χ2n) is 10.5. The van der Waals surface area contributed by atoms with Gasteiger partial charge >= 0.3 is 5.97 Å². The standard InChI is InChI=1S/C29H52O5/c1-4-5-6-11-14-17-24(30)20-21-26-25(27(31)22-28(26)32)18-15-12-9-7-8-10-13-16-19-29(33)34-23(2)3/h12,15,23,25-28,31-32H,4-11,13-14,16-22H2,1-3H3/b15-12+. The number of carbonyl (C=O) groups excluding carboxylic acids is 2. The SMILES string of the molecule is CCCCCCCC(=O)CCC1C(O)CC(O)C1C/C=C/CCCCCCCC(=O)OC(C)C. The summed E-state index contributed by atoms with van der Waals surface area (Å²) >= 11 is 0. The third-order valence-corrected chi connectivity index (χ3v) is 7.03. The molecule has 1 aliphatic carbocycles. The highest BCUT2D eigenvalue weighted by molar-refractivity contribution is 5.78. The van der Waals surface area contributed by atoms with Crippen LogP contribution in [0, 0.1) is 11.8 Å². The number of Topliss-reactive ketones (excluding diaryl/α,β-unsaturated/α-hetero) is 1. The number of hydrogen-bond acceptors (Lipinski definition) is 5. The van der Waals surface area contributed by atoms with Gasteiger partial charge in [0.15, 0.2) is 0 Å². The summed E-state index contributed by atoms with van der Waals surface area (Å²) in [6.45, 7) is 5.94. The van der Waals surface area contributed by atoms with Crippen LogP contribution in [0.15, 0.2) is 12.2 Å². The van der Waals surface area contributed by atoms with Crippen molar-refractivity contribution in [3.8, 4) is 0 Å². The molecule has 4 unspecified atom stereocenters. The Kier molecular flexibility index (Phi) is 17.3. The van der Waals surface area contributed by atoms with Crippen molar-refractivity contribution < 1.29 is 24.5 Å². The van der Waals surface area contributed by atoms with E-state index in [-0.39, 0.29) is 23.9 Å². The summed E-state index contributed by atoms with van der Waals surface area (Å²) in [4.78, 5) is 23.8. The summed E-state index contributed by atoms with van der Waals surface area (Å²) in [6.07, 6.45) is 19.1. The molecule has 4 atom stereocenters. The topological polar surface area (TPSA) is 83.8 Å². The molecule has 0 aromatic carbocycles. The fourth-order valence-electron chi connectivity index (χ4n) is 5.04. The maximum Gasteiger partial charge on any atom is 0.306 e. The van der Waals surface area contributed by atoms with Crippen LogP contribution in [0.5, 0.6) is 0 Å². The van der Waals surface area contributed by atoms with Crippen LogP contribution in [0.3, 0.4) is 0 Å². The number of aliphatic hydroxyl groups is 2. The fraction of sp³-hybridized carbons (Fsp3) is 0.862. The molecule has 5 nitrogen and oxygen atoms in total. The number of rotatable bonds is 20. The second kappa shape index (κ2) is 19.0. The second-order valence-corrected chi connectivity index (χ2v) is 10.5. The lowest BCUT2D eigenvalue weighted by atomic mass is 9.86. The van der Waals surface area contributed by atoms with Crippen molar-refractivity contribution in [2.45, 2.75) is 148 Å². The van der Waals surface area contributed by atoms with Crippen LogP contribution in [0.4, 0.5) is 0 Å². The van der Waals surface area contributed by atoms with Gasteiger partial charge in [-0.25, -0.2) is 0 Å². The Hall–Kier alpha value is -1.20. The molecular weight excluding hydrogens is 428 g/mol. The van der Waals surface area contributed by atoms with E-state index in [1.807, 2.05) is 13.8 Å². The zero-order valence-corrected chi connectivity index (χ0v) is 22.2. The number of aliphatic hydroxyl groups excluding tert-OH is 2. The lowest BCUT2D eigenvalue weighted by Crippen LogP contribution is -2.22. The largest absolute Gasteiger partial charge is 0.463 e. The van der Waals surface area contributed by atoms with E-state index in [4.69, 9.17) is 4.74 Å². The average molecular weight is 481 g/mol. The zero-order chi connectivity index (χ0) is 25.2. The first-order valence-electron chi connectivity index (χ1n) is 14.1. The molecule has 0 bridgehead atoms. The quantitative estimate of drug-likeness (QED) is 0.115. The first-order valence-corrected chi connectivity index (χ1v) is 14.1. The van der Waals surface area contributed by atoms with Crippen LogP contribution < -0.4 is 0 Å². The third-order valence-electron chi connectivity index (χ3n) is 7.03. The van der Waals surface area contributed by atoms with Gasteiger partial charge in [-0.3, -0.25) is 9.59 Å². The van der Waals surface area contributed by atoms with Crippen molar-refractivity contribution in [1.82, 2.24) is 0 Å². The zero-order valence-electron chi connectivity index (χ0n) is 22.2. The molecule has 0 aromatic rings. The maximum absolute atomic E-state index is 12.2. The number of carbonyl (C=O) groups is 2. The number of hydrogen-bond donors (Lipinski definition) is 2. The highest BCUT2D eigenvalue weighted by atomic mass is 16.5. The molecule has 5 heteroatoms. The van der Waals surface area contributed by atoms with Gasteiger partial charge in [0.05, 0.1) is 18.3 Å². The van der Waals surface area contributed by atoms with Crippen LogP contribution in [-0.4, -0.2) is 40.3 Å². The lowest BCUT2D eigenvalue weighted by molar-refractivity contribution is -0.147. The average Bonchev–Trinajstić information content (AvgIpc) is 3.05. The molecule has 1 aliphatic rings. The highest BCUT2D eigenvalue weighted by Gasteiger charge is 2.40. The van der Waals surface area contributed by atoms with E-state index in [9.17, 15) is 19.8 Å². The Morgan fingerprint density at radius 1 is 0.824 bits per heavy atom. The molecule has 1 rings (SSSR count). The van der Waals surface area contributed by atoms with E-state index in [0.717, 1.165) is 57.8 Å². The molecule has 1 saturated carbocycles. The van der Waals surface area contributed by atoms with E-state index in [2.05, 4.69) is 19.1 Å². The van der Waals surface area contributed by atoms with Crippen molar-refractivity contribution in [2.75, 3.05) is 0 Å². The molecule has 2 N–H and O–H groups in total. The van der Waals surface area contributed by atoms with Crippen molar-refractivity contribution in [3.05, 3.63) is 12.2 Å². The van der Waals surface area contributed by atoms with Gasteiger partial charge in [0.25, 0.3) is 0 Å². The number of ether oxygens (including phenoxy) is 1. The lowest BCUT2D eigenvalue weighted by Gasteiger charge is -2.22. The van der Waals surface area contributed by atoms with E-state index in [0.29, 0.717) is 37.9 Å². The molecular formula is C29H52O5. The minimum atomic E-state index is -0.497. The van der Waals surface area contributed by atoms with Crippen molar-refractivity contribution >= 4 is 11.8 Å². The highest BCUT2D eigenvalue weighted by Crippen LogP contribution is 2.38. The minimum absolute atomic E-state index is 0.0195. The van der Waals surface area contributed by atoms with Crippen molar-refractivity contribution in [2.24, 2.45) is 11.8 Å². The van der Waals surface area contributed by atoms with Gasteiger partial charge in [-0.2, -0.15) is 0 Å². The molecule has 0 amide bonds. The molecule has 0 saturated heterocycles. The number of allylic oxidation sites excluding steroid dienone is 2. The molecule has 0 spiro atoms. The monoisotopic (exact) mass is 480 g/mol. The van der Waals surface area contributed by atoms with Crippen LogP contribution in [-0.2, 0) is 14.3 Å². The minimum Gasteiger partial charge on any atom is -0.463 e. The molecule has 1 fully saturated rings.